The molecule has 8 heteroatoms. The van der Waals surface area contributed by atoms with E-state index in [4.69, 9.17) is 11.6 Å². The fourth-order valence-electron chi connectivity index (χ4n) is 2.14. The van der Waals surface area contributed by atoms with E-state index in [1.54, 1.807) is 12.1 Å². The maximum Gasteiger partial charge on any atom is 0.282 e. The summed E-state index contributed by atoms with van der Waals surface area (Å²) in [6.45, 7) is 0. The van der Waals surface area contributed by atoms with Crippen LogP contribution in [0.4, 0.5) is 5.69 Å². The predicted octanol–water partition coefficient (Wildman–Crippen LogP) is 2.88. The van der Waals surface area contributed by atoms with Crippen LogP contribution < -0.4 is 0 Å². The molecule has 1 aliphatic rings. The van der Waals surface area contributed by atoms with E-state index in [-0.39, 0.29) is 27.4 Å². The van der Waals surface area contributed by atoms with E-state index in [9.17, 15) is 19.7 Å². The van der Waals surface area contributed by atoms with Crippen molar-refractivity contribution in [1.29, 1.82) is 0 Å². The predicted molar refractivity (Wildman–Crippen MR) is 82.6 cm³/mol. The number of nitrogens with zero attached hydrogens (tertiary/aromatic N) is 3. The second kappa shape index (κ2) is 5.62. The van der Waals surface area contributed by atoms with Crippen LogP contribution in [0.1, 0.15) is 26.3 Å². The third-order valence-electron chi connectivity index (χ3n) is 3.28. The highest BCUT2D eigenvalue weighted by Gasteiger charge is 2.35. The van der Waals surface area contributed by atoms with Gasteiger partial charge in [-0.05, 0) is 18.2 Å². The number of rotatable bonds is 3. The molecule has 1 aliphatic heterocycles. The van der Waals surface area contributed by atoms with Crippen LogP contribution in [0.2, 0.25) is 5.02 Å². The number of carbonyl (C=O) groups is 2. The summed E-state index contributed by atoms with van der Waals surface area (Å²) in [7, 11) is 0. The Hall–Kier alpha value is -3.06. The minimum absolute atomic E-state index is 0.168. The molecule has 0 bridgehead atoms. The summed E-state index contributed by atoms with van der Waals surface area (Å²) in [6.07, 6.45) is 1.15. The smallest absolute Gasteiger partial charge is 0.267 e. The van der Waals surface area contributed by atoms with Gasteiger partial charge in [0.25, 0.3) is 17.5 Å². The lowest BCUT2D eigenvalue weighted by Gasteiger charge is -2.06. The van der Waals surface area contributed by atoms with Crippen molar-refractivity contribution < 1.29 is 14.5 Å². The first-order valence-corrected chi connectivity index (χ1v) is 6.82. The number of hydrogen-bond acceptors (Lipinski definition) is 5. The normalized spacial score (nSPS) is 13.7. The Morgan fingerprint density at radius 3 is 2.26 bits per heavy atom. The quantitative estimate of drug-likeness (QED) is 0.374. The fourth-order valence-corrected chi connectivity index (χ4v) is 2.31. The van der Waals surface area contributed by atoms with E-state index in [2.05, 4.69) is 5.10 Å². The van der Waals surface area contributed by atoms with Gasteiger partial charge in [0.1, 0.15) is 0 Å². The standard InChI is InChI=1S/C15H8ClN3O4/c16-13-6-5-10(19(22)23)7-9(13)8-17-18-14(20)11-3-1-2-4-12(11)15(18)21/h1-8H/b17-8-. The molecule has 0 aromatic heterocycles. The van der Waals surface area contributed by atoms with Crippen molar-refractivity contribution in [2.24, 2.45) is 5.10 Å². The van der Waals surface area contributed by atoms with Crippen molar-refractivity contribution in [1.82, 2.24) is 5.01 Å². The molecule has 1 heterocycles. The second-order valence-corrected chi connectivity index (χ2v) is 5.08. The number of fused-ring (bicyclic) bond motifs is 1. The largest absolute Gasteiger partial charge is 0.282 e. The molecule has 2 amide bonds. The Balaban J connectivity index is 1.93. The number of carbonyl (C=O) groups excluding carboxylic acids is 2. The van der Waals surface area contributed by atoms with Gasteiger partial charge in [-0.2, -0.15) is 10.1 Å². The lowest BCUT2D eigenvalue weighted by molar-refractivity contribution is -0.384. The van der Waals surface area contributed by atoms with Crippen molar-refractivity contribution in [3.63, 3.8) is 0 Å². The van der Waals surface area contributed by atoms with Gasteiger partial charge in [-0.1, -0.05) is 23.7 Å². The molecule has 0 unspecified atom stereocenters. The summed E-state index contributed by atoms with van der Waals surface area (Å²) in [5, 5.41) is 15.5. The minimum Gasteiger partial charge on any atom is -0.267 e. The first-order chi connectivity index (χ1) is 11.0. The molecule has 114 valence electrons. The zero-order chi connectivity index (χ0) is 16.6. The number of hydrazone groups is 1. The first-order valence-electron chi connectivity index (χ1n) is 6.45. The molecule has 3 rings (SSSR count). The van der Waals surface area contributed by atoms with Crippen LogP contribution in [0, 0.1) is 10.1 Å². The van der Waals surface area contributed by atoms with Gasteiger partial charge in [0.15, 0.2) is 0 Å². The molecule has 0 fully saturated rings. The van der Waals surface area contributed by atoms with E-state index in [0.717, 1.165) is 6.21 Å². The first kappa shape index (κ1) is 14.9. The van der Waals surface area contributed by atoms with E-state index in [1.807, 2.05) is 0 Å². The summed E-state index contributed by atoms with van der Waals surface area (Å²) >= 11 is 5.95. The van der Waals surface area contributed by atoms with Gasteiger partial charge in [0.2, 0.25) is 0 Å². The number of benzene rings is 2. The molecule has 7 nitrogen and oxygen atoms in total. The number of amides is 2. The van der Waals surface area contributed by atoms with Crippen LogP contribution in [-0.4, -0.2) is 28.0 Å². The van der Waals surface area contributed by atoms with Crippen LogP contribution in [0.25, 0.3) is 0 Å². The lowest BCUT2D eigenvalue weighted by Crippen LogP contribution is -2.24. The van der Waals surface area contributed by atoms with E-state index in [1.165, 1.54) is 30.3 Å². The zero-order valence-corrected chi connectivity index (χ0v) is 12.2. The maximum atomic E-state index is 12.1. The topological polar surface area (TPSA) is 92.9 Å². The van der Waals surface area contributed by atoms with E-state index >= 15 is 0 Å². The Morgan fingerprint density at radius 2 is 1.70 bits per heavy atom. The summed E-state index contributed by atoms with van der Waals surface area (Å²) in [5.41, 5.74) is 0.593. The van der Waals surface area contributed by atoms with E-state index in [0.29, 0.717) is 5.01 Å². The average molecular weight is 330 g/mol. The van der Waals surface area contributed by atoms with Crippen molar-refractivity contribution in [3.8, 4) is 0 Å². The molecule has 0 N–H and O–H groups in total. The van der Waals surface area contributed by atoms with Gasteiger partial charge >= 0.3 is 0 Å². The van der Waals surface area contributed by atoms with Crippen LogP contribution in [0.15, 0.2) is 47.6 Å². The number of hydrogen-bond donors (Lipinski definition) is 0. The minimum atomic E-state index is -0.574. The van der Waals surface area contributed by atoms with Gasteiger partial charge in [-0.3, -0.25) is 19.7 Å². The van der Waals surface area contributed by atoms with Crippen molar-refractivity contribution in [2.45, 2.75) is 0 Å². The second-order valence-electron chi connectivity index (χ2n) is 4.68. The van der Waals surface area contributed by atoms with Crippen LogP contribution in [-0.2, 0) is 0 Å². The molecule has 0 aliphatic carbocycles. The Kier molecular flexibility index (Phi) is 3.63. The van der Waals surface area contributed by atoms with Crippen LogP contribution in [0.5, 0.6) is 0 Å². The molecule has 2 aromatic rings. The number of nitro benzene ring substituents is 1. The van der Waals surface area contributed by atoms with Gasteiger partial charge < -0.3 is 0 Å². The summed E-state index contributed by atoms with van der Waals surface area (Å²) < 4.78 is 0. The highest BCUT2D eigenvalue weighted by atomic mass is 35.5. The SMILES string of the molecule is O=C1c2ccccc2C(=O)N1/N=C\c1cc([N+](=O)[O-])ccc1Cl. The molecule has 2 aromatic carbocycles. The molecule has 23 heavy (non-hydrogen) atoms. The third kappa shape index (κ3) is 2.58. The fraction of sp³-hybridized carbons (Fsp3) is 0. The molecule has 0 spiro atoms. The van der Waals surface area contributed by atoms with Gasteiger partial charge in [0.05, 0.1) is 22.3 Å². The average Bonchev–Trinajstić information content (AvgIpc) is 2.78. The van der Waals surface area contributed by atoms with Gasteiger partial charge in [-0.25, -0.2) is 0 Å². The number of non-ortho nitro benzene ring substituents is 1. The molecular weight excluding hydrogens is 322 g/mol. The molecule has 0 saturated carbocycles. The summed E-state index contributed by atoms with van der Waals surface area (Å²) in [4.78, 5) is 34.5. The zero-order valence-electron chi connectivity index (χ0n) is 11.5. The third-order valence-corrected chi connectivity index (χ3v) is 3.62. The van der Waals surface area contributed by atoms with Crippen molar-refractivity contribution >= 4 is 35.3 Å². The number of nitro groups is 1. The monoisotopic (exact) mass is 329 g/mol. The van der Waals surface area contributed by atoms with E-state index < -0.39 is 16.7 Å². The van der Waals surface area contributed by atoms with Crippen LogP contribution in [0.3, 0.4) is 0 Å². The molecule has 0 saturated heterocycles. The highest BCUT2D eigenvalue weighted by molar-refractivity contribution is 6.33. The molecular formula is C15H8ClN3O4. The Morgan fingerprint density at radius 1 is 1.09 bits per heavy atom. The molecule has 0 radical (unpaired) electrons. The van der Waals surface area contributed by atoms with Gasteiger partial charge in [0, 0.05) is 22.7 Å². The Bertz CT molecular complexity index is 844. The Labute approximate surface area is 134 Å². The van der Waals surface area contributed by atoms with Gasteiger partial charge in [-0.15, -0.1) is 0 Å². The molecule has 0 atom stereocenters. The maximum absolute atomic E-state index is 12.1. The lowest BCUT2D eigenvalue weighted by atomic mass is 10.1. The van der Waals surface area contributed by atoms with Crippen molar-refractivity contribution in [3.05, 3.63) is 74.3 Å². The summed E-state index contributed by atoms with van der Waals surface area (Å²) in [5.74, 6) is -1.10. The number of halogens is 1. The number of imide groups is 1. The summed E-state index contributed by atoms with van der Waals surface area (Å²) in [6, 6.07) is 10.2. The highest BCUT2D eigenvalue weighted by Crippen LogP contribution is 2.24. The van der Waals surface area contributed by atoms with Crippen LogP contribution >= 0.6 is 11.6 Å². The van der Waals surface area contributed by atoms with Crippen molar-refractivity contribution in [2.75, 3.05) is 0 Å².